The van der Waals surface area contributed by atoms with Crippen molar-refractivity contribution >= 4 is 23.0 Å². The topological polar surface area (TPSA) is 60.3 Å². The van der Waals surface area contributed by atoms with Crippen LogP contribution in [0.5, 0.6) is 0 Å². The average Bonchev–Trinajstić information content (AvgIpc) is 3.41. The van der Waals surface area contributed by atoms with Gasteiger partial charge in [0.15, 0.2) is 17.5 Å². The number of rotatable bonds is 4. The van der Waals surface area contributed by atoms with Crippen LogP contribution in [0, 0.1) is 0 Å². The lowest BCUT2D eigenvalue weighted by atomic mass is 10.0. The van der Waals surface area contributed by atoms with Crippen LogP contribution in [0.25, 0.3) is 11.4 Å². The summed E-state index contributed by atoms with van der Waals surface area (Å²) in [4.78, 5) is 17.2. The van der Waals surface area contributed by atoms with Crippen molar-refractivity contribution in [3.63, 3.8) is 0 Å². The molecule has 1 saturated heterocycles. The van der Waals surface area contributed by atoms with Gasteiger partial charge in [-0.15, -0.1) is 0 Å². The number of anilines is 3. The number of nitrogens with zero attached hydrogens (tertiary/aromatic N) is 7. The molecule has 33 heavy (non-hydrogen) atoms. The molecular weight excluding hydrogens is 414 g/mol. The Balaban J connectivity index is 0.00000126. The number of benzene rings is 1. The van der Waals surface area contributed by atoms with Gasteiger partial charge in [0.2, 0.25) is 0 Å². The van der Waals surface area contributed by atoms with Crippen molar-refractivity contribution in [3.05, 3.63) is 29.8 Å². The summed E-state index contributed by atoms with van der Waals surface area (Å²) >= 11 is 0. The molecule has 0 saturated carbocycles. The molecule has 0 radical (unpaired) electrons. The van der Waals surface area contributed by atoms with Gasteiger partial charge in [0.25, 0.3) is 0 Å². The minimum absolute atomic E-state index is 0.249. The second kappa shape index (κ2) is 9.95. The van der Waals surface area contributed by atoms with Gasteiger partial charge in [-0.05, 0) is 25.5 Å². The molecule has 3 aliphatic heterocycles. The lowest BCUT2D eigenvalue weighted by molar-refractivity contribution is 0.122. The summed E-state index contributed by atoms with van der Waals surface area (Å²) < 4.78 is 5.60. The second-order valence-corrected chi connectivity index (χ2v) is 8.43. The van der Waals surface area contributed by atoms with Crippen LogP contribution in [-0.4, -0.2) is 80.3 Å². The minimum atomic E-state index is 0.249. The Kier molecular flexibility index (Phi) is 7.02. The van der Waals surface area contributed by atoms with Gasteiger partial charge in [-0.2, -0.15) is 5.10 Å². The van der Waals surface area contributed by atoms with Gasteiger partial charge in [-0.3, -0.25) is 5.01 Å². The van der Waals surface area contributed by atoms with Crippen LogP contribution in [0.15, 0.2) is 29.4 Å². The maximum atomic E-state index is 5.60. The molecule has 0 bridgehead atoms. The third kappa shape index (κ3) is 4.36. The smallest absolute Gasteiger partial charge is 0.164 e. The molecule has 2 aromatic rings. The monoisotopic (exact) mass is 451 g/mol. The first-order valence-electron chi connectivity index (χ1n) is 12.2. The van der Waals surface area contributed by atoms with Gasteiger partial charge in [0, 0.05) is 52.3 Å². The molecule has 0 aliphatic carbocycles. The van der Waals surface area contributed by atoms with E-state index in [-0.39, 0.29) is 6.17 Å². The summed E-state index contributed by atoms with van der Waals surface area (Å²) in [6.07, 6.45) is 1.22. The van der Waals surface area contributed by atoms with E-state index in [1.54, 1.807) is 0 Å². The van der Waals surface area contributed by atoms with Gasteiger partial charge in [0.05, 0.1) is 25.1 Å². The molecule has 178 valence electrons. The zero-order valence-electron chi connectivity index (χ0n) is 20.9. The fraction of sp³-hybridized carbons (Fsp3) is 0.560. The Labute approximate surface area is 197 Å². The summed E-state index contributed by atoms with van der Waals surface area (Å²) in [5.41, 5.74) is 4.43. The van der Waals surface area contributed by atoms with Crippen molar-refractivity contribution in [3.8, 4) is 11.4 Å². The molecule has 0 N–H and O–H groups in total. The highest BCUT2D eigenvalue weighted by atomic mass is 16.5. The molecule has 3 aliphatic rings. The van der Waals surface area contributed by atoms with Crippen molar-refractivity contribution in [1.82, 2.24) is 15.0 Å². The van der Waals surface area contributed by atoms with Gasteiger partial charge < -0.3 is 19.4 Å². The molecule has 0 spiro atoms. The Morgan fingerprint density at radius 3 is 2.36 bits per heavy atom. The second-order valence-electron chi connectivity index (χ2n) is 8.43. The highest BCUT2D eigenvalue weighted by Crippen LogP contribution is 2.44. The van der Waals surface area contributed by atoms with Crippen LogP contribution in [-0.2, 0) is 4.74 Å². The molecule has 8 nitrogen and oxygen atoms in total. The molecule has 5 rings (SSSR count). The molecule has 8 heteroatoms. The Morgan fingerprint density at radius 2 is 1.70 bits per heavy atom. The van der Waals surface area contributed by atoms with E-state index in [4.69, 9.17) is 14.7 Å². The van der Waals surface area contributed by atoms with Gasteiger partial charge in [0.1, 0.15) is 5.69 Å². The summed E-state index contributed by atoms with van der Waals surface area (Å²) in [7, 11) is 4.16. The van der Waals surface area contributed by atoms with Crippen molar-refractivity contribution in [2.45, 2.75) is 40.3 Å². The van der Waals surface area contributed by atoms with E-state index in [0.29, 0.717) is 0 Å². The van der Waals surface area contributed by atoms with Crippen molar-refractivity contribution in [1.29, 1.82) is 0 Å². The molecule has 1 aromatic carbocycles. The first kappa shape index (κ1) is 23.3. The number of hydrogen-bond acceptors (Lipinski definition) is 8. The third-order valence-electron chi connectivity index (χ3n) is 6.55. The van der Waals surface area contributed by atoms with E-state index in [0.717, 1.165) is 85.8 Å². The summed E-state index contributed by atoms with van der Waals surface area (Å²) in [6.45, 7) is 13.4. The normalized spacial score (nSPS) is 19.9. The van der Waals surface area contributed by atoms with Crippen LogP contribution < -0.4 is 14.7 Å². The highest BCUT2D eigenvalue weighted by Gasteiger charge is 2.36. The van der Waals surface area contributed by atoms with Crippen molar-refractivity contribution < 1.29 is 4.74 Å². The standard InChI is InChI=1S/C23H31N7O.C2H6/c1-5-30-16(2)28(4)20-22(29-11-13-31-14-12-29)24-21(25-23(20)30)18-8-6-7-17(15-18)19-9-10-27(3)26-19;1-2/h6-8,15-16H,5,9-14H2,1-4H3;1-2H3. The predicted molar refractivity (Wildman–Crippen MR) is 137 cm³/mol. The van der Waals surface area contributed by atoms with Gasteiger partial charge >= 0.3 is 0 Å². The number of fused-ring (bicyclic) bond motifs is 1. The van der Waals surface area contributed by atoms with E-state index in [1.807, 2.05) is 25.9 Å². The molecular formula is C25H37N7O. The Bertz CT molecular complexity index is 1000. The van der Waals surface area contributed by atoms with Crippen LogP contribution in [0.4, 0.5) is 17.3 Å². The number of ether oxygens (including phenoxy) is 1. The van der Waals surface area contributed by atoms with E-state index in [2.05, 4.69) is 65.0 Å². The fourth-order valence-corrected chi connectivity index (χ4v) is 4.67. The Hall–Kier alpha value is -2.87. The first-order valence-corrected chi connectivity index (χ1v) is 12.2. The number of hydrazone groups is 1. The van der Waals surface area contributed by atoms with Crippen LogP contribution in [0.1, 0.15) is 39.7 Å². The maximum Gasteiger partial charge on any atom is 0.164 e. The molecule has 1 unspecified atom stereocenters. The maximum absolute atomic E-state index is 5.60. The molecule has 1 atom stereocenters. The van der Waals surface area contributed by atoms with E-state index in [1.165, 1.54) is 0 Å². The predicted octanol–water partition coefficient (Wildman–Crippen LogP) is 3.67. The molecule has 0 amide bonds. The zero-order chi connectivity index (χ0) is 23.5. The van der Waals surface area contributed by atoms with E-state index in [9.17, 15) is 0 Å². The highest BCUT2D eigenvalue weighted by molar-refractivity contribution is 6.02. The first-order chi connectivity index (χ1) is 16.1. The van der Waals surface area contributed by atoms with Crippen molar-refractivity contribution in [2.75, 3.05) is 68.2 Å². The average molecular weight is 452 g/mol. The minimum Gasteiger partial charge on any atom is -0.378 e. The zero-order valence-corrected chi connectivity index (χ0v) is 20.9. The number of aromatic nitrogens is 2. The SMILES string of the molecule is CC.CCN1c2nc(-c3cccc(C4=NN(C)CC4)c3)nc(N3CCOCC3)c2N(C)C1C. The van der Waals surface area contributed by atoms with Crippen LogP contribution >= 0.6 is 0 Å². The summed E-state index contributed by atoms with van der Waals surface area (Å²) in [5.74, 6) is 2.80. The summed E-state index contributed by atoms with van der Waals surface area (Å²) in [5, 5.41) is 6.66. The Morgan fingerprint density at radius 1 is 1.00 bits per heavy atom. The molecule has 1 aromatic heterocycles. The number of hydrogen-bond donors (Lipinski definition) is 0. The lowest BCUT2D eigenvalue weighted by Crippen LogP contribution is -2.40. The quantitative estimate of drug-likeness (QED) is 0.703. The lowest BCUT2D eigenvalue weighted by Gasteiger charge is -2.31. The summed E-state index contributed by atoms with van der Waals surface area (Å²) in [6, 6.07) is 8.50. The largest absolute Gasteiger partial charge is 0.378 e. The van der Waals surface area contributed by atoms with Crippen molar-refractivity contribution in [2.24, 2.45) is 5.10 Å². The number of morpholine rings is 1. The van der Waals surface area contributed by atoms with Gasteiger partial charge in [-0.25, -0.2) is 9.97 Å². The van der Waals surface area contributed by atoms with Crippen LogP contribution in [0.3, 0.4) is 0 Å². The van der Waals surface area contributed by atoms with E-state index >= 15 is 0 Å². The fourth-order valence-electron chi connectivity index (χ4n) is 4.67. The molecule has 1 fully saturated rings. The van der Waals surface area contributed by atoms with Crippen LogP contribution in [0.2, 0.25) is 0 Å². The third-order valence-corrected chi connectivity index (χ3v) is 6.55. The molecule has 4 heterocycles. The van der Waals surface area contributed by atoms with Gasteiger partial charge in [-0.1, -0.05) is 32.0 Å². The van der Waals surface area contributed by atoms with E-state index < -0.39 is 0 Å².